The predicted molar refractivity (Wildman–Crippen MR) is 117 cm³/mol. The molecule has 10 heteroatoms. The molecule has 8 nitrogen and oxygen atoms in total. The highest BCUT2D eigenvalue weighted by atomic mass is 19.1. The molecule has 2 aliphatic rings. The lowest BCUT2D eigenvalue weighted by atomic mass is 10.1. The van der Waals surface area contributed by atoms with Gasteiger partial charge in [0.25, 0.3) is 5.95 Å². The van der Waals surface area contributed by atoms with E-state index >= 15 is 0 Å². The summed E-state index contributed by atoms with van der Waals surface area (Å²) >= 11 is 0. The molecule has 166 valence electrons. The molecular weight excluding hydrogens is 416 g/mol. The second-order valence-corrected chi connectivity index (χ2v) is 7.93. The van der Waals surface area contributed by atoms with Crippen molar-refractivity contribution >= 4 is 17.6 Å². The van der Waals surface area contributed by atoms with Crippen LogP contribution in [0.15, 0.2) is 36.7 Å². The second kappa shape index (κ2) is 8.19. The Morgan fingerprint density at radius 2 is 2.16 bits per heavy atom. The summed E-state index contributed by atoms with van der Waals surface area (Å²) in [4.78, 5) is 12.8. The predicted octanol–water partition coefficient (Wildman–Crippen LogP) is 2.43. The molecule has 0 aliphatic carbocycles. The van der Waals surface area contributed by atoms with E-state index in [1.807, 2.05) is 17.9 Å². The molecule has 0 bridgehead atoms. The van der Waals surface area contributed by atoms with Crippen LogP contribution in [-0.2, 0) is 0 Å². The maximum Gasteiger partial charge on any atom is 0.252 e. The third kappa shape index (κ3) is 3.77. The smallest absolute Gasteiger partial charge is 0.252 e. The van der Waals surface area contributed by atoms with Gasteiger partial charge in [0.1, 0.15) is 18.2 Å². The van der Waals surface area contributed by atoms with Crippen molar-refractivity contribution in [1.29, 1.82) is 0 Å². The number of anilines is 2. The summed E-state index contributed by atoms with van der Waals surface area (Å²) in [5.74, 6) is -0.268. The van der Waals surface area contributed by atoms with Gasteiger partial charge in [-0.25, -0.2) is 18.4 Å². The Labute approximate surface area is 183 Å². The number of ether oxygens (including phenoxy) is 1. The van der Waals surface area contributed by atoms with Crippen molar-refractivity contribution in [3.63, 3.8) is 0 Å². The average Bonchev–Trinajstić information content (AvgIpc) is 3.13. The van der Waals surface area contributed by atoms with E-state index in [4.69, 9.17) is 10.5 Å². The summed E-state index contributed by atoms with van der Waals surface area (Å²) < 4.78 is 35.0. The zero-order chi connectivity index (χ0) is 22.2. The molecule has 5 rings (SSSR count). The largest absolute Gasteiger partial charge is 0.486 e. The van der Waals surface area contributed by atoms with Crippen LogP contribution in [0.5, 0.6) is 5.75 Å². The minimum atomic E-state index is -0.650. The summed E-state index contributed by atoms with van der Waals surface area (Å²) in [5.41, 5.74) is 8.13. The van der Waals surface area contributed by atoms with Crippen LogP contribution in [0.25, 0.3) is 12.0 Å². The van der Waals surface area contributed by atoms with Gasteiger partial charge in [-0.2, -0.15) is 10.1 Å². The molecule has 0 amide bonds. The number of nitrogens with two attached hydrogens (primary N) is 1. The van der Waals surface area contributed by atoms with Crippen LogP contribution in [0.1, 0.15) is 11.3 Å². The number of aromatic nitrogens is 4. The first-order chi connectivity index (χ1) is 15.5. The van der Waals surface area contributed by atoms with Gasteiger partial charge in [-0.05, 0) is 13.0 Å². The van der Waals surface area contributed by atoms with Gasteiger partial charge in [-0.3, -0.25) is 4.90 Å². The van der Waals surface area contributed by atoms with Crippen molar-refractivity contribution in [1.82, 2.24) is 24.6 Å². The Kier molecular flexibility index (Phi) is 5.22. The second-order valence-electron chi connectivity index (χ2n) is 7.93. The van der Waals surface area contributed by atoms with Crippen LogP contribution in [0.3, 0.4) is 0 Å². The molecule has 2 aliphatic heterocycles. The standard InChI is InChI=1S/C22H23F2N7O/c1-14-15(11-27-31(14)22-26-5-4-20(25)28-22)3-2-6-29-7-8-30-17(12-29)13-32-21-18(24)9-16(23)10-19(21)30/h2-5,9-11,17H,6-8,12-13H2,1H3,(H2,25,26,28). The van der Waals surface area contributed by atoms with E-state index in [2.05, 4.69) is 26.0 Å². The topological polar surface area (TPSA) is 85.3 Å². The molecule has 3 aromatic rings. The van der Waals surface area contributed by atoms with Gasteiger partial charge in [-0.1, -0.05) is 12.2 Å². The third-order valence-corrected chi connectivity index (χ3v) is 5.85. The molecule has 1 aromatic carbocycles. The van der Waals surface area contributed by atoms with Crippen molar-refractivity contribution < 1.29 is 13.5 Å². The zero-order valence-electron chi connectivity index (χ0n) is 17.6. The number of fused-ring (bicyclic) bond motifs is 3. The fourth-order valence-corrected chi connectivity index (χ4v) is 4.21. The van der Waals surface area contributed by atoms with E-state index in [9.17, 15) is 8.78 Å². The Morgan fingerprint density at radius 3 is 3.00 bits per heavy atom. The van der Waals surface area contributed by atoms with Gasteiger partial charge >= 0.3 is 0 Å². The minimum Gasteiger partial charge on any atom is -0.486 e. The first-order valence-electron chi connectivity index (χ1n) is 10.4. The van der Waals surface area contributed by atoms with Crippen molar-refractivity contribution in [3.05, 3.63) is 59.6 Å². The molecule has 1 atom stereocenters. The van der Waals surface area contributed by atoms with E-state index in [-0.39, 0.29) is 11.8 Å². The number of hydrogen-bond donors (Lipinski definition) is 1. The fraction of sp³-hybridized carbons (Fsp3) is 0.318. The molecule has 2 aromatic heterocycles. The van der Waals surface area contributed by atoms with Crippen LogP contribution in [0.2, 0.25) is 0 Å². The summed E-state index contributed by atoms with van der Waals surface area (Å²) in [6.45, 7) is 5.29. The van der Waals surface area contributed by atoms with E-state index in [1.165, 1.54) is 6.07 Å². The van der Waals surface area contributed by atoms with Crippen molar-refractivity contribution in [2.75, 3.05) is 43.4 Å². The quantitative estimate of drug-likeness (QED) is 0.668. The first kappa shape index (κ1) is 20.4. The van der Waals surface area contributed by atoms with Gasteiger partial charge in [0.2, 0.25) is 0 Å². The normalized spacial score (nSPS) is 18.5. The van der Waals surface area contributed by atoms with Crippen LogP contribution >= 0.6 is 0 Å². The summed E-state index contributed by atoms with van der Waals surface area (Å²) in [5, 5.41) is 4.37. The number of benzene rings is 1. The Hall–Kier alpha value is -3.53. The van der Waals surface area contributed by atoms with Crippen molar-refractivity contribution in [3.8, 4) is 11.7 Å². The molecule has 32 heavy (non-hydrogen) atoms. The van der Waals surface area contributed by atoms with Gasteiger partial charge in [-0.15, -0.1) is 0 Å². The van der Waals surface area contributed by atoms with Gasteiger partial charge < -0.3 is 15.4 Å². The molecule has 1 fully saturated rings. The molecule has 0 saturated carbocycles. The van der Waals surface area contributed by atoms with E-state index < -0.39 is 11.6 Å². The molecule has 1 unspecified atom stereocenters. The lowest BCUT2D eigenvalue weighted by Gasteiger charge is -2.45. The van der Waals surface area contributed by atoms with Crippen molar-refractivity contribution in [2.45, 2.75) is 13.0 Å². The lowest BCUT2D eigenvalue weighted by molar-refractivity contribution is 0.173. The van der Waals surface area contributed by atoms with Gasteiger partial charge in [0, 0.05) is 50.1 Å². The number of nitrogens with zero attached hydrogens (tertiary/aromatic N) is 6. The van der Waals surface area contributed by atoms with Crippen LogP contribution < -0.4 is 15.4 Å². The maximum atomic E-state index is 14.0. The van der Waals surface area contributed by atoms with Crippen LogP contribution in [0.4, 0.5) is 20.3 Å². The lowest BCUT2D eigenvalue weighted by Crippen LogP contribution is -2.57. The van der Waals surface area contributed by atoms with E-state index in [0.717, 1.165) is 37.0 Å². The van der Waals surface area contributed by atoms with Crippen LogP contribution in [-0.4, -0.2) is 63.5 Å². The summed E-state index contributed by atoms with van der Waals surface area (Å²) in [7, 11) is 0. The average molecular weight is 439 g/mol. The fourth-order valence-electron chi connectivity index (χ4n) is 4.21. The Morgan fingerprint density at radius 1 is 1.28 bits per heavy atom. The monoisotopic (exact) mass is 439 g/mol. The number of hydrogen-bond acceptors (Lipinski definition) is 7. The minimum absolute atomic E-state index is 0.0519. The van der Waals surface area contributed by atoms with E-state index in [1.54, 1.807) is 23.1 Å². The highest BCUT2D eigenvalue weighted by Crippen LogP contribution is 2.38. The van der Waals surface area contributed by atoms with Crippen LogP contribution in [0, 0.1) is 18.6 Å². The van der Waals surface area contributed by atoms with Crippen molar-refractivity contribution in [2.24, 2.45) is 0 Å². The zero-order valence-corrected chi connectivity index (χ0v) is 17.6. The molecule has 4 heterocycles. The highest BCUT2D eigenvalue weighted by Gasteiger charge is 2.34. The van der Waals surface area contributed by atoms with Gasteiger partial charge in [0.05, 0.1) is 23.6 Å². The summed E-state index contributed by atoms with van der Waals surface area (Å²) in [6.07, 6.45) is 7.48. The molecule has 2 N–H and O–H groups in total. The Bertz CT molecular complexity index is 1180. The number of piperazine rings is 1. The first-order valence-corrected chi connectivity index (χ1v) is 10.4. The highest BCUT2D eigenvalue weighted by molar-refractivity contribution is 5.62. The Balaban J connectivity index is 1.24. The number of rotatable bonds is 4. The van der Waals surface area contributed by atoms with E-state index in [0.29, 0.717) is 30.6 Å². The third-order valence-electron chi connectivity index (χ3n) is 5.85. The SMILES string of the molecule is Cc1c(C=CCN2CCN3c4cc(F)cc(F)c4OCC3C2)cnn1-c1nccc(N)n1. The number of nitrogen functional groups attached to an aromatic ring is 1. The molecular formula is C22H23F2N7O. The summed E-state index contributed by atoms with van der Waals surface area (Å²) in [6, 6.07) is 3.90. The molecule has 1 saturated heterocycles. The molecule has 0 spiro atoms. The number of halogens is 2. The van der Waals surface area contributed by atoms with Gasteiger partial charge in [0.15, 0.2) is 11.6 Å². The maximum absolute atomic E-state index is 14.0. The molecule has 0 radical (unpaired) electrons.